The third kappa shape index (κ3) is 5.72. The zero-order valence-electron chi connectivity index (χ0n) is 31.1. The normalized spacial score (nSPS) is 19.5. The molecule has 4 heterocycles. The van der Waals surface area contributed by atoms with Crippen LogP contribution in [-0.2, 0) is 13.0 Å². The first-order valence-corrected chi connectivity index (χ1v) is 22.6. The first-order valence-electron chi connectivity index (χ1n) is 19.1. The van der Waals surface area contributed by atoms with E-state index < -0.39 is 8.07 Å². The summed E-state index contributed by atoms with van der Waals surface area (Å²) in [5, 5.41) is 1.64. The largest absolute Gasteiger partial charge is 0.213 e. The standard InChI is InChI=1S/C47H54N2Si/c1-31-15-14-22-38(33(31)3)37-24-26-44-39-19-11-10-18-36(39)23-25-42-40-20-12-13-21-41(40)45-27-43(34(4)35-16-8-9-17-35)46(50(5,6)7)30-49(45)47(42)32(2)28-48(44)29-37/h10-15,18-22,24,26-27,29-30,34-35,42,47H,2,8-9,16-17,23,25,28H2,1,3-7H3/q+2. The van der Waals surface area contributed by atoms with Gasteiger partial charge in [0.05, 0.1) is 19.6 Å². The van der Waals surface area contributed by atoms with Crippen LogP contribution < -0.4 is 14.3 Å². The van der Waals surface area contributed by atoms with Crippen molar-refractivity contribution < 1.29 is 9.13 Å². The predicted octanol–water partition coefficient (Wildman–Crippen LogP) is 10.6. The number of benzene rings is 3. The summed E-state index contributed by atoms with van der Waals surface area (Å²) in [4.78, 5) is 0. The lowest BCUT2D eigenvalue weighted by atomic mass is 9.76. The third-order valence-electron chi connectivity index (χ3n) is 12.6. The molecule has 3 aromatic carbocycles. The van der Waals surface area contributed by atoms with Crippen LogP contribution in [0.2, 0.25) is 19.6 Å². The first-order chi connectivity index (χ1) is 24.1. The number of hydrogen-bond acceptors (Lipinski definition) is 0. The second-order valence-electron chi connectivity index (χ2n) is 16.7. The van der Waals surface area contributed by atoms with Gasteiger partial charge < -0.3 is 0 Å². The monoisotopic (exact) mass is 674 g/mol. The average Bonchev–Trinajstić information content (AvgIpc) is 3.66. The summed E-state index contributed by atoms with van der Waals surface area (Å²) in [7, 11) is -1.68. The zero-order valence-corrected chi connectivity index (χ0v) is 32.1. The molecule has 0 bridgehead atoms. The number of hydrogen-bond donors (Lipinski definition) is 0. The molecule has 0 spiro atoms. The molecule has 0 saturated heterocycles. The lowest BCUT2D eigenvalue weighted by molar-refractivity contribution is -0.722. The summed E-state index contributed by atoms with van der Waals surface area (Å²) in [6, 6.07) is 32.6. The number of nitrogens with zero attached hydrogens (tertiary/aromatic N) is 2. The number of aryl methyl sites for hydroxylation is 2. The fourth-order valence-electron chi connectivity index (χ4n) is 9.71. The van der Waals surface area contributed by atoms with Crippen LogP contribution in [-0.4, -0.2) is 8.07 Å². The Kier molecular flexibility index (Phi) is 8.54. The maximum absolute atomic E-state index is 5.02. The maximum Gasteiger partial charge on any atom is 0.213 e. The van der Waals surface area contributed by atoms with Crippen LogP contribution in [0.1, 0.15) is 84.7 Å². The molecule has 8 rings (SSSR count). The Balaban J connectivity index is 1.33. The maximum atomic E-state index is 5.02. The van der Waals surface area contributed by atoms with Crippen molar-refractivity contribution in [3.05, 3.63) is 137 Å². The number of fused-ring (bicyclic) bond motifs is 9. The van der Waals surface area contributed by atoms with Gasteiger partial charge in [0.2, 0.25) is 11.4 Å². The number of allylic oxidation sites excluding steroid dienone is 1. The van der Waals surface area contributed by atoms with Crippen LogP contribution in [0.5, 0.6) is 0 Å². The Morgan fingerprint density at radius 2 is 1.48 bits per heavy atom. The van der Waals surface area contributed by atoms with E-state index in [0.29, 0.717) is 11.8 Å². The van der Waals surface area contributed by atoms with Crippen LogP contribution in [0.4, 0.5) is 0 Å². The molecule has 1 fully saturated rings. The molecule has 50 heavy (non-hydrogen) atoms. The van der Waals surface area contributed by atoms with Gasteiger partial charge in [-0.1, -0.05) is 101 Å². The highest BCUT2D eigenvalue weighted by molar-refractivity contribution is 6.89. The van der Waals surface area contributed by atoms with Gasteiger partial charge >= 0.3 is 0 Å². The smallest absolute Gasteiger partial charge is 0.193 e. The second-order valence-corrected chi connectivity index (χ2v) is 21.7. The predicted molar refractivity (Wildman–Crippen MR) is 212 cm³/mol. The van der Waals surface area contributed by atoms with Crippen molar-refractivity contribution in [2.75, 3.05) is 0 Å². The highest BCUT2D eigenvalue weighted by Gasteiger charge is 2.45. The van der Waals surface area contributed by atoms with E-state index in [4.69, 9.17) is 6.58 Å². The molecule has 1 aliphatic carbocycles. The number of pyridine rings is 2. The summed E-state index contributed by atoms with van der Waals surface area (Å²) in [6.45, 7) is 20.4. The molecule has 2 aliphatic heterocycles. The molecule has 5 aromatic rings. The van der Waals surface area contributed by atoms with E-state index in [9.17, 15) is 0 Å². The molecule has 0 radical (unpaired) electrons. The van der Waals surface area contributed by atoms with Crippen molar-refractivity contribution in [2.24, 2.45) is 5.92 Å². The van der Waals surface area contributed by atoms with Crippen molar-refractivity contribution in [3.8, 4) is 33.6 Å². The van der Waals surface area contributed by atoms with Gasteiger partial charge in [-0.25, -0.2) is 0 Å². The minimum absolute atomic E-state index is 0.181. The highest BCUT2D eigenvalue weighted by atomic mass is 28.3. The average molecular weight is 675 g/mol. The summed E-state index contributed by atoms with van der Waals surface area (Å²) in [6.07, 6.45) is 12.7. The van der Waals surface area contributed by atoms with E-state index in [1.165, 1.54) is 87.2 Å². The fraction of sp³-hybridized carbons (Fsp3) is 0.362. The van der Waals surface area contributed by atoms with Crippen LogP contribution >= 0.6 is 0 Å². The van der Waals surface area contributed by atoms with Crippen LogP contribution in [0, 0.1) is 19.8 Å². The molecular formula is C47H54N2Si+2. The van der Waals surface area contributed by atoms with Crippen molar-refractivity contribution in [1.29, 1.82) is 0 Å². The van der Waals surface area contributed by atoms with Crippen molar-refractivity contribution >= 4 is 13.3 Å². The Bertz CT molecular complexity index is 2110. The molecule has 3 aliphatic rings. The molecule has 2 nitrogen and oxygen atoms in total. The first kappa shape index (κ1) is 33.1. The summed E-state index contributed by atoms with van der Waals surface area (Å²) in [5.41, 5.74) is 16.5. The SMILES string of the molecule is C=C1C[n+]2cc(-c3cccc(C)c3C)ccc2-c2ccccc2CCC2c3ccccc3-c3cc(C(C)C4CCCC4)c([Si](C)(C)C)c[n+]3C12. The van der Waals surface area contributed by atoms with Gasteiger partial charge in [0.25, 0.3) is 0 Å². The number of aromatic nitrogens is 2. The van der Waals surface area contributed by atoms with Gasteiger partial charge in [-0.05, 0) is 103 Å². The van der Waals surface area contributed by atoms with Gasteiger partial charge in [0.1, 0.15) is 0 Å². The van der Waals surface area contributed by atoms with Crippen LogP contribution in [0.3, 0.4) is 0 Å². The molecule has 1 saturated carbocycles. The van der Waals surface area contributed by atoms with Crippen LogP contribution in [0.25, 0.3) is 33.6 Å². The third-order valence-corrected chi connectivity index (χ3v) is 14.7. The minimum atomic E-state index is -1.68. The van der Waals surface area contributed by atoms with Crippen molar-refractivity contribution in [2.45, 2.75) is 103 Å². The molecular weight excluding hydrogens is 621 g/mol. The van der Waals surface area contributed by atoms with Gasteiger partial charge in [-0.15, -0.1) is 0 Å². The van der Waals surface area contributed by atoms with Crippen LogP contribution in [0.15, 0.2) is 109 Å². The van der Waals surface area contributed by atoms with E-state index in [1.54, 1.807) is 10.8 Å². The molecule has 254 valence electrons. The topological polar surface area (TPSA) is 7.76 Å². The Morgan fingerprint density at radius 1 is 0.760 bits per heavy atom. The zero-order chi connectivity index (χ0) is 34.7. The van der Waals surface area contributed by atoms with Gasteiger partial charge in [-0.3, -0.25) is 0 Å². The molecule has 3 unspecified atom stereocenters. The summed E-state index contributed by atoms with van der Waals surface area (Å²) >= 11 is 0. The van der Waals surface area contributed by atoms with E-state index in [-0.39, 0.29) is 6.04 Å². The van der Waals surface area contributed by atoms with Gasteiger partial charge in [-0.2, -0.15) is 9.13 Å². The van der Waals surface area contributed by atoms with Crippen molar-refractivity contribution in [3.63, 3.8) is 0 Å². The molecule has 2 aromatic heterocycles. The highest BCUT2D eigenvalue weighted by Crippen LogP contribution is 2.46. The molecule has 0 N–H and O–H groups in total. The van der Waals surface area contributed by atoms with E-state index in [2.05, 4.69) is 147 Å². The lowest BCUT2D eigenvalue weighted by Crippen LogP contribution is -2.55. The number of rotatable bonds is 4. The van der Waals surface area contributed by atoms with E-state index in [0.717, 1.165) is 25.3 Å². The minimum Gasteiger partial charge on any atom is -0.193 e. The van der Waals surface area contributed by atoms with E-state index in [1.807, 2.05) is 0 Å². The lowest BCUT2D eigenvalue weighted by Gasteiger charge is -2.34. The fourth-order valence-corrected chi connectivity index (χ4v) is 11.4. The van der Waals surface area contributed by atoms with Crippen molar-refractivity contribution in [1.82, 2.24) is 0 Å². The molecule has 3 heteroatoms. The molecule has 3 atom stereocenters. The summed E-state index contributed by atoms with van der Waals surface area (Å²) in [5.74, 6) is 1.73. The molecule has 0 amide bonds. The van der Waals surface area contributed by atoms with Gasteiger partial charge in [0.15, 0.2) is 25.0 Å². The quantitative estimate of drug-likeness (QED) is 0.102. The van der Waals surface area contributed by atoms with Gasteiger partial charge in [0, 0.05) is 34.0 Å². The summed E-state index contributed by atoms with van der Waals surface area (Å²) < 4.78 is 5.22. The second kappa shape index (κ2) is 12.9. The Morgan fingerprint density at radius 3 is 2.26 bits per heavy atom. The Hall–Kier alpha value is -4.08. The van der Waals surface area contributed by atoms with E-state index >= 15 is 0 Å². The Labute approximate surface area is 301 Å².